The Morgan fingerprint density at radius 1 is 1.02 bits per heavy atom. The molecule has 224 valence electrons. The Hall–Kier alpha value is -4.48. The van der Waals surface area contributed by atoms with Gasteiger partial charge in [-0.25, -0.2) is 13.2 Å². The monoisotopic (exact) mass is 600 g/mol. The number of nitrogens with two attached hydrogens (primary N) is 1. The summed E-state index contributed by atoms with van der Waals surface area (Å²) in [6.45, 7) is 1.46. The van der Waals surface area contributed by atoms with E-state index in [0.717, 1.165) is 28.9 Å². The normalized spacial score (nSPS) is 14.9. The lowest BCUT2D eigenvalue weighted by molar-refractivity contribution is -0.142. The van der Waals surface area contributed by atoms with Gasteiger partial charge < -0.3 is 5.73 Å². The number of hydrogen-bond donors (Lipinski definition) is 1. The molecule has 12 heteroatoms. The van der Waals surface area contributed by atoms with Gasteiger partial charge in [0.25, 0.3) is 5.91 Å². The van der Waals surface area contributed by atoms with Gasteiger partial charge in [-0.1, -0.05) is 12.1 Å². The lowest BCUT2D eigenvalue weighted by Crippen LogP contribution is -2.23. The van der Waals surface area contributed by atoms with Gasteiger partial charge in [-0.2, -0.15) is 18.3 Å². The van der Waals surface area contributed by atoms with Crippen molar-refractivity contribution in [2.24, 2.45) is 5.73 Å². The maximum Gasteiger partial charge on any atom is 0.435 e. The van der Waals surface area contributed by atoms with Crippen molar-refractivity contribution in [3.63, 3.8) is 0 Å². The summed E-state index contributed by atoms with van der Waals surface area (Å²) >= 11 is 0. The number of carbonyl (C=O) groups is 2. The second-order valence-corrected chi connectivity index (χ2v) is 10.7. The van der Waals surface area contributed by atoms with Crippen molar-refractivity contribution >= 4 is 11.7 Å². The minimum atomic E-state index is -4.69. The van der Waals surface area contributed by atoms with Crippen LogP contribution in [0.3, 0.4) is 0 Å². The highest BCUT2D eigenvalue weighted by Crippen LogP contribution is 2.43. The molecule has 0 aliphatic heterocycles. The Balaban J connectivity index is 1.55. The smallest absolute Gasteiger partial charge is 0.366 e. The molecule has 1 fully saturated rings. The summed E-state index contributed by atoms with van der Waals surface area (Å²) in [5.41, 5.74) is 5.46. The number of rotatable bonds is 10. The van der Waals surface area contributed by atoms with Gasteiger partial charge in [0.1, 0.15) is 23.5 Å². The van der Waals surface area contributed by atoms with Crippen LogP contribution in [0, 0.1) is 17.5 Å². The molecule has 5 rings (SSSR count). The van der Waals surface area contributed by atoms with Crippen LogP contribution in [-0.2, 0) is 17.4 Å². The first-order valence-corrected chi connectivity index (χ1v) is 13.5. The summed E-state index contributed by atoms with van der Waals surface area (Å²) in [6, 6.07) is 9.73. The maximum atomic E-state index is 14.2. The number of nitrogens with zero attached hydrogens (tertiary/aromatic N) is 3. The van der Waals surface area contributed by atoms with Gasteiger partial charge in [0.05, 0.1) is 11.3 Å². The molecule has 1 unspecified atom stereocenters. The third kappa shape index (κ3) is 6.63. The quantitative estimate of drug-likeness (QED) is 0.201. The number of pyridine rings is 1. The molecule has 1 amide bonds. The fourth-order valence-electron chi connectivity index (χ4n) is 5.24. The van der Waals surface area contributed by atoms with Crippen molar-refractivity contribution in [3.05, 3.63) is 106 Å². The number of carbonyl (C=O) groups excluding carboxylic acids is 2. The molecule has 2 heterocycles. The highest BCUT2D eigenvalue weighted by Gasteiger charge is 2.39. The molecule has 0 radical (unpaired) electrons. The molecule has 4 aromatic rings. The summed E-state index contributed by atoms with van der Waals surface area (Å²) in [5.74, 6) is -4.92. The number of benzene rings is 2. The van der Waals surface area contributed by atoms with E-state index in [1.165, 1.54) is 25.3 Å². The zero-order chi connectivity index (χ0) is 31.1. The molecule has 0 spiro atoms. The third-order valence-electron chi connectivity index (χ3n) is 7.50. The standard InChI is InChI=1S/C31H26F6N4O2/c1-16(41-26(18-4-5-18)15-28(40-41)31(35,36)37)27(42)13-20(9-17-10-21(32)14-22(33)11-17)29-23(3-2-8-39-29)19-6-7-25(34)24(12-19)30(38)43/h2-3,6-8,10-12,14-16,18,20H,4-5,9,13H2,1H3,(H2,38,43)/t16?,20-/m1/s1. The van der Waals surface area contributed by atoms with Crippen molar-refractivity contribution in [1.82, 2.24) is 14.8 Å². The number of alkyl halides is 3. The number of aromatic nitrogens is 3. The van der Waals surface area contributed by atoms with Crippen molar-refractivity contribution in [2.75, 3.05) is 0 Å². The fraction of sp³-hybridized carbons (Fsp3) is 0.290. The fourth-order valence-corrected chi connectivity index (χ4v) is 5.24. The minimum absolute atomic E-state index is 0.0661. The Morgan fingerprint density at radius 3 is 2.35 bits per heavy atom. The van der Waals surface area contributed by atoms with E-state index in [-0.39, 0.29) is 29.9 Å². The molecule has 1 aliphatic rings. The van der Waals surface area contributed by atoms with E-state index in [1.807, 2.05) is 0 Å². The van der Waals surface area contributed by atoms with Gasteiger partial charge in [-0.3, -0.25) is 19.3 Å². The first-order chi connectivity index (χ1) is 20.3. The van der Waals surface area contributed by atoms with Gasteiger partial charge in [-0.15, -0.1) is 0 Å². The van der Waals surface area contributed by atoms with E-state index in [9.17, 15) is 35.9 Å². The first-order valence-electron chi connectivity index (χ1n) is 13.5. The van der Waals surface area contributed by atoms with Crippen LogP contribution in [-0.4, -0.2) is 26.5 Å². The summed E-state index contributed by atoms with van der Waals surface area (Å²) in [4.78, 5) is 30.0. The van der Waals surface area contributed by atoms with Crippen LogP contribution in [0.1, 0.15) is 77.1 Å². The molecule has 2 N–H and O–H groups in total. The molecule has 1 aliphatic carbocycles. The average Bonchev–Trinajstić information content (AvgIpc) is 3.68. The molecular formula is C31H26F6N4O2. The highest BCUT2D eigenvalue weighted by molar-refractivity contribution is 5.94. The SMILES string of the molecule is CC(C(=O)C[C@@H](Cc1cc(F)cc(F)c1)c1ncccc1-c1ccc(F)c(C(N)=O)c1)n1nc(C(F)(F)F)cc1C1CC1. The topological polar surface area (TPSA) is 90.9 Å². The second kappa shape index (κ2) is 11.7. The van der Waals surface area contributed by atoms with Crippen molar-refractivity contribution in [3.8, 4) is 11.1 Å². The molecule has 6 nitrogen and oxygen atoms in total. The molecular weight excluding hydrogens is 574 g/mol. The second-order valence-electron chi connectivity index (χ2n) is 10.7. The van der Waals surface area contributed by atoms with Gasteiger partial charge in [0, 0.05) is 41.8 Å². The van der Waals surface area contributed by atoms with Gasteiger partial charge in [-0.05, 0) is 73.7 Å². The van der Waals surface area contributed by atoms with E-state index in [0.29, 0.717) is 41.4 Å². The maximum absolute atomic E-state index is 14.2. The van der Waals surface area contributed by atoms with Crippen molar-refractivity contribution in [1.29, 1.82) is 0 Å². The average molecular weight is 601 g/mol. The zero-order valence-electron chi connectivity index (χ0n) is 22.8. The molecule has 0 bridgehead atoms. The predicted octanol–water partition coefficient (Wildman–Crippen LogP) is 6.90. The summed E-state index contributed by atoms with van der Waals surface area (Å²) < 4.78 is 84.1. The summed E-state index contributed by atoms with van der Waals surface area (Å²) in [5, 5.41) is 3.73. The Kier molecular flexibility index (Phi) is 8.13. The van der Waals surface area contributed by atoms with E-state index in [1.54, 1.807) is 12.1 Å². The van der Waals surface area contributed by atoms with Gasteiger partial charge in [0.2, 0.25) is 0 Å². The number of amides is 1. The van der Waals surface area contributed by atoms with Gasteiger partial charge >= 0.3 is 6.18 Å². The summed E-state index contributed by atoms with van der Waals surface area (Å²) in [7, 11) is 0. The molecule has 2 aromatic carbocycles. The molecule has 0 saturated heterocycles. The van der Waals surface area contributed by atoms with E-state index in [2.05, 4.69) is 10.1 Å². The van der Waals surface area contributed by atoms with Crippen LogP contribution < -0.4 is 5.73 Å². The number of ketones is 1. The van der Waals surface area contributed by atoms with Gasteiger partial charge in [0.15, 0.2) is 11.5 Å². The summed E-state index contributed by atoms with van der Waals surface area (Å²) in [6.07, 6.45) is -2.23. The first kappa shape index (κ1) is 30.0. The van der Waals surface area contributed by atoms with Crippen LogP contribution in [0.4, 0.5) is 26.3 Å². The van der Waals surface area contributed by atoms with E-state index < -0.39 is 53.0 Å². The molecule has 43 heavy (non-hydrogen) atoms. The molecule has 1 saturated carbocycles. The van der Waals surface area contributed by atoms with Crippen LogP contribution >= 0.6 is 0 Å². The largest absolute Gasteiger partial charge is 0.435 e. The molecule has 2 aromatic heterocycles. The van der Waals surface area contributed by atoms with Crippen LogP contribution in [0.25, 0.3) is 11.1 Å². The van der Waals surface area contributed by atoms with Crippen molar-refractivity contribution < 1.29 is 35.9 Å². The lowest BCUT2D eigenvalue weighted by Gasteiger charge is -2.22. The number of primary amides is 1. The Labute approximate surface area is 242 Å². The number of halogens is 6. The van der Waals surface area contributed by atoms with E-state index >= 15 is 0 Å². The lowest BCUT2D eigenvalue weighted by atomic mass is 9.85. The highest BCUT2D eigenvalue weighted by atomic mass is 19.4. The minimum Gasteiger partial charge on any atom is -0.366 e. The van der Waals surface area contributed by atoms with Crippen molar-refractivity contribution in [2.45, 2.75) is 56.7 Å². The third-order valence-corrected chi connectivity index (χ3v) is 7.50. The Morgan fingerprint density at radius 2 is 1.72 bits per heavy atom. The van der Waals surface area contributed by atoms with E-state index in [4.69, 9.17) is 5.73 Å². The predicted molar refractivity (Wildman–Crippen MR) is 144 cm³/mol. The van der Waals surface area contributed by atoms with Crippen LogP contribution in [0.5, 0.6) is 0 Å². The zero-order valence-corrected chi connectivity index (χ0v) is 22.8. The Bertz CT molecular complexity index is 1680. The number of hydrogen-bond acceptors (Lipinski definition) is 4. The van der Waals surface area contributed by atoms with Crippen LogP contribution in [0.15, 0.2) is 60.8 Å². The van der Waals surface area contributed by atoms with Crippen LogP contribution in [0.2, 0.25) is 0 Å². The number of Topliss-reactive ketones (excluding diaryl/α,β-unsaturated/α-hetero) is 1. The molecule has 2 atom stereocenters.